The van der Waals surface area contributed by atoms with Crippen molar-refractivity contribution >= 4 is 10.8 Å². The zero-order chi connectivity index (χ0) is 13.2. The average molecular weight is 259 g/mol. The van der Waals surface area contributed by atoms with Gasteiger partial charge >= 0.3 is 0 Å². The van der Waals surface area contributed by atoms with Gasteiger partial charge in [-0.3, -0.25) is 4.21 Å². The number of nitrogens with two attached hydrogens (primary N) is 1. The monoisotopic (exact) mass is 259 g/mol. The molecule has 0 bridgehead atoms. The zero-order valence-corrected chi connectivity index (χ0v) is 12.8. The Labute approximate surface area is 109 Å². The van der Waals surface area contributed by atoms with E-state index in [4.69, 9.17) is 5.73 Å². The fourth-order valence-corrected chi connectivity index (χ4v) is 4.63. The SMILES string of the molecule is CC(C)S(=O)C1CC(C(C)(C)C)CCC1CN. The molecule has 1 rings (SSSR count). The van der Waals surface area contributed by atoms with E-state index in [2.05, 4.69) is 34.6 Å². The lowest BCUT2D eigenvalue weighted by Crippen LogP contribution is -2.42. The molecule has 17 heavy (non-hydrogen) atoms. The third kappa shape index (κ3) is 3.78. The first kappa shape index (κ1) is 15.2. The molecule has 0 aliphatic heterocycles. The van der Waals surface area contributed by atoms with Crippen molar-refractivity contribution in [2.45, 2.75) is 64.4 Å². The van der Waals surface area contributed by atoms with Gasteiger partial charge in [-0.05, 0) is 43.1 Å². The minimum absolute atomic E-state index is 0.257. The Morgan fingerprint density at radius 1 is 1.29 bits per heavy atom. The van der Waals surface area contributed by atoms with Gasteiger partial charge in [0.15, 0.2) is 0 Å². The van der Waals surface area contributed by atoms with Gasteiger partial charge in [0, 0.05) is 21.3 Å². The molecule has 2 N–H and O–H groups in total. The molecular weight excluding hydrogens is 230 g/mol. The summed E-state index contributed by atoms with van der Waals surface area (Å²) in [5.74, 6) is 1.16. The van der Waals surface area contributed by atoms with Crippen LogP contribution in [0.3, 0.4) is 0 Å². The Bertz CT molecular complexity index is 270. The van der Waals surface area contributed by atoms with Crippen LogP contribution < -0.4 is 5.73 Å². The number of hydrogen-bond acceptors (Lipinski definition) is 2. The van der Waals surface area contributed by atoms with Gasteiger partial charge in [0.1, 0.15) is 0 Å². The van der Waals surface area contributed by atoms with Gasteiger partial charge in [0.05, 0.1) is 0 Å². The molecular formula is C14H29NOS. The molecule has 0 aromatic carbocycles. The molecule has 2 nitrogen and oxygen atoms in total. The topological polar surface area (TPSA) is 43.1 Å². The quantitative estimate of drug-likeness (QED) is 0.847. The van der Waals surface area contributed by atoms with Crippen LogP contribution in [0.15, 0.2) is 0 Å². The highest BCUT2D eigenvalue weighted by Crippen LogP contribution is 2.41. The highest BCUT2D eigenvalue weighted by atomic mass is 32.2. The first-order chi connectivity index (χ1) is 7.77. The van der Waals surface area contributed by atoms with Crippen LogP contribution in [0.4, 0.5) is 0 Å². The fourth-order valence-electron chi connectivity index (χ4n) is 2.88. The Morgan fingerprint density at radius 2 is 1.88 bits per heavy atom. The Morgan fingerprint density at radius 3 is 2.29 bits per heavy atom. The van der Waals surface area contributed by atoms with Crippen molar-refractivity contribution in [3.8, 4) is 0 Å². The minimum atomic E-state index is -0.724. The predicted octanol–water partition coefficient (Wildman–Crippen LogP) is 2.93. The second-order valence-corrected chi connectivity index (χ2v) is 8.99. The van der Waals surface area contributed by atoms with E-state index in [9.17, 15) is 4.21 Å². The van der Waals surface area contributed by atoms with Crippen LogP contribution in [0.1, 0.15) is 53.9 Å². The van der Waals surface area contributed by atoms with Crippen molar-refractivity contribution in [1.29, 1.82) is 0 Å². The second kappa shape index (κ2) is 5.83. The van der Waals surface area contributed by atoms with Gasteiger partial charge in [-0.1, -0.05) is 34.6 Å². The standard InChI is InChI=1S/C14H29NOS/c1-10(2)17(16)13-8-12(14(3,4)5)7-6-11(13)9-15/h10-13H,6-9,15H2,1-5H3. The van der Waals surface area contributed by atoms with Gasteiger partial charge in [-0.2, -0.15) is 0 Å². The van der Waals surface area contributed by atoms with Gasteiger partial charge in [0.25, 0.3) is 0 Å². The van der Waals surface area contributed by atoms with Crippen LogP contribution in [-0.2, 0) is 10.8 Å². The second-order valence-electron chi connectivity index (χ2n) is 6.79. The van der Waals surface area contributed by atoms with Crippen LogP contribution in [0.25, 0.3) is 0 Å². The number of rotatable bonds is 3. The van der Waals surface area contributed by atoms with Crippen molar-refractivity contribution in [1.82, 2.24) is 0 Å². The molecule has 0 radical (unpaired) electrons. The van der Waals surface area contributed by atoms with Gasteiger partial charge in [-0.25, -0.2) is 0 Å². The summed E-state index contributed by atoms with van der Waals surface area (Å²) in [5, 5.41) is 0.575. The third-order valence-electron chi connectivity index (χ3n) is 4.22. The van der Waals surface area contributed by atoms with E-state index in [-0.39, 0.29) is 5.25 Å². The molecule has 0 spiro atoms. The van der Waals surface area contributed by atoms with Crippen LogP contribution in [-0.4, -0.2) is 21.3 Å². The lowest BCUT2D eigenvalue weighted by molar-refractivity contribution is 0.156. The van der Waals surface area contributed by atoms with Crippen LogP contribution in [0.2, 0.25) is 0 Å². The first-order valence-corrected chi connectivity index (χ1v) is 8.14. The minimum Gasteiger partial charge on any atom is -0.330 e. The summed E-state index contributed by atoms with van der Waals surface area (Å²) in [7, 11) is -0.724. The van der Waals surface area contributed by atoms with E-state index in [1.54, 1.807) is 0 Å². The van der Waals surface area contributed by atoms with E-state index >= 15 is 0 Å². The highest BCUT2D eigenvalue weighted by molar-refractivity contribution is 7.86. The molecule has 4 atom stereocenters. The summed E-state index contributed by atoms with van der Waals surface area (Å²) in [4.78, 5) is 0. The predicted molar refractivity (Wildman–Crippen MR) is 76.4 cm³/mol. The Balaban J connectivity index is 2.79. The third-order valence-corrected chi connectivity index (χ3v) is 6.32. The molecule has 1 fully saturated rings. The summed E-state index contributed by atoms with van der Waals surface area (Å²) in [6.07, 6.45) is 3.49. The maximum atomic E-state index is 12.4. The molecule has 0 aromatic rings. The Hall–Kier alpha value is 0.110. The van der Waals surface area contributed by atoms with Gasteiger partial charge in [-0.15, -0.1) is 0 Å². The number of hydrogen-bond donors (Lipinski definition) is 1. The summed E-state index contributed by atoms with van der Waals surface area (Å²) < 4.78 is 12.4. The van der Waals surface area contributed by atoms with Crippen LogP contribution in [0, 0.1) is 17.3 Å². The van der Waals surface area contributed by atoms with Crippen molar-refractivity contribution in [2.75, 3.05) is 6.54 Å². The molecule has 0 amide bonds. The maximum absolute atomic E-state index is 12.4. The zero-order valence-electron chi connectivity index (χ0n) is 12.0. The molecule has 1 saturated carbocycles. The summed E-state index contributed by atoms with van der Waals surface area (Å²) >= 11 is 0. The largest absolute Gasteiger partial charge is 0.330 e. The molecule has 0 saturated heterocycles. The average Bonchev–Trinajstić information content (AvgIpc) is 2.25. The molecule has 0 aromatic heterocycles. The summed E-state index contributed by atoms with van der Waals surface area (Å²) in [6.45, 7) is 11.7. The molecule has 3 heteroatoms. The molecule has 0 heterocycles. The van der Waals surface area contributed by atoms with Gasteiger partial charge in [0.2, 0.25) is 0 Å². The highest BCUT2D eigenvalue weighted by Gasteiger charge is 2.38. The van der Waals surface area contributed by atoms with Crippen molar-refractivity contribution in [2.24, 2.45) is 23.0 Å². The maximum Gasteiger partial charge on any atom is 0.0393 e. The summed E-state index contributed by atoms with van der Waals surface area (Å²) in [6, 6.07) is 0. The van der Waals surface area contributed by atoms with Crippen molar-refractivity contribution in [3.05, 3.63) is 0 Å². The normalized spacial score (nSPS) is 32.8. The van der Waals surface area contributed by atoms with E-state index in [0.717, 1.165) is 12.8 Å². The lowest BCUT2D eigenvalue weighted by Gasteiger charge is -2.41. The smallest absolute Gasteiger partial charge is 0.0393 e. The molecule has 4 unspecified atom stereocenters. The van der Waals surface area contributed by atoms with E-state index in [1.165, 1.54) is 6.42 Å². The molecule has 1 aliphatic carbocycles. The molecule has 1 aliphatic rings. The van der Waals surface area contributed by atoms with Gasteiger partial charge < -0.3 is 5.73 Å². The summed E-state index contributed by atoms with van der Waals surface area (Å²) in [5.41, 5.74) is 6.18. The van der Waals surface area contributed by atoms with E-state index in [1.807, 2.05) is 0 Å². The Kier molecular flexibility index (Phi) is 5.21. The van der Waals surface area contributed by atoms with Crippen LogP contribution >= 0.6 is 0 Å². The van der Waals surface area contributed by atoms with Crippen LogP contribution in [0.5, 0.6) is 0 Å². The lowest BCUT2D eigenvalue weighted by atomic mass is 9.69. The fraction of sp³-hybridized carbons (Fsp3) is 1.00. The van der Waals surface area contributed by atoms with Crippen molar-refractivity contribution < 1.29 is 4.21 Å². The molecule has 102 valence electrons. The van der Waals surface area contributed by atoms with E-state index in [0.29, 0.717) is 29.0 Å². The van der Waals surface area contributed by atoms with Crippen molar-refractivity contribution in [3.63, 3.8) is 0 Å². The van der Waals surface area contributed by atoms with E-state index < -0.39 is 10.8 Å². The first-order valence-electron chi connectivity index (χ1n) is 6.86.